The molecule has 8 heteroatoms. The van der Waals surface area contributed by atoms with Crippen molar-refractivity contribution < 1.29 is 5.11 Å². The van der Waals surface area contributed by atoms with Gasteiger partial charge in [0.1, 0.15) is 17.3 Å². The average Bonchev–Trinajstić information content (AvgIpc) is 2.76. The summed E-state index contributed by atoms with van der Waals surface area (Å²) in [7, 11) is 0. The second kappa shape index (κ2) is 9.06. The van der Waals surface area contributed by atoms with Crippen LogP contribution >= 0.6 is 0 Å². The maximum atomic E-state index is 9.01. The zero-order valence-corrected chi connectivity index (χ0v) is 16.4. The molecule has 0 saturated heterocycles. The number of anilines is 4. The van der Waals surface area contributed by atoms with Crippen LogP contribution in [0.3, 0.4) is 0 Å². The van der Waals surface area contributed by atoms with E-state index in [0.717, 1.165) is 16.9 Å². The standard InChI is InChI=1S/C22H21N7O/c1-15-3-2-4-18(25-15)21-23-12-9-19(28-21)27-20-10-13-24-22(29-20)26-17-7-5-16(6-8-17)11-14-30/h2-10,12-13,30H,11,14H2,1H3,(H2,23,24,26,27,28,29). The molecule has 30 heavy (non-hydrogen) atoms. The van der Waals surface area contributed by atoms with Crippen molar-refractivity contribution in [2.75, 3.05) is 17.2 Å². The second-order valence-corrected chi connectivity index (χ2v) is 6.62. The molecular formula is C22H21N7O. The zero-order chi connectivity index (χ0) is 20.8. The number of hydrogen-bond acceptors (Lipinski definition) is 8. The van der Waals surface area contributed by atoms with Gasteiger partial charge < -0.3 is 15.7 Å². The molecule has 0 aliphatic heterocycles. The van der Waals surface area contributed by atoms with Crippen molar-refractivity contribution in [2.45, 2.75) is 13.3 Å². The molecule has 0 bridgehead atoms. The summed E-state index contributed by atoms with van der Waals surface area (Å²) in [6.07, 6.45) is 3.99. The quantitative estimate of drug-likeness (QED) is 0.432. The van der Waals surface area contributed by atoms with Crippen molar-refractivity contribution >= 4 is 23.3 Å². The highest BCUT2D eigenvalue weighted by atomic mass is 16.2. The van der Waals surface area contributed by atoms with Gasteiger partial charge >= 0.3 is 0 Å². The summed E-state index contributed by atoms with van der Waals surface area (Å²) in [5.41, 5.74) is 3.56. The van der Waals surface area contributed by atoms with E-state index < -0.39 is 0 Å². The minimum absolute atomic E-state index is 0.133. The lowest BCUT2D eigenvalue weighted by atomic mass is 10.1. The molecule has 0 aliphatic carbocycles. The summed E-state index contributed by atoms with van der Waals surface area (Å²) in [6.45, 7) is 2.06. The Balaban J connectivity index is 1.49. The molecule has 0 atom stereocenters. The van der Waals surface area contributed by atoms with Crippen LogP contribution in [0.1, 0.15) is 11.3 Å². The molecule has 3 N–H and O–H groups in total. The lowest BCUT2D eigenvalue weighted by molar-refractivity contribution is 0.299. The van der Waals surface area contributed by atoms with Crippen LogP contribution in [0.4, 0.5) is 23.3 Å². The molecule has 0 amide bonds. The van der Waals surface area contributed by atoms with Crippen molar-refractivity contribution in [3.05, 3.63) is 78.2 Å². The van der Waals surface area contributed by atoms with Crippen LogP contribution < -0.4 is 10.6 Å². The number of nitrogens with one attached hydrogen (secondary N) is 2. The van der Waals surface area contributed by atoms with Gasteiger partial charge in [-0.15, -0.1) is 0 Å². The lowest BCUT2D eigenvalue weighted by Crippen LogP contribution is -2.02. The maximum absolute atomic E-state index is 9.01. The fourth-order valence-corrected chi connectivity index (χ4v) is 2.85. The Kier molecular flexibility index (Phi) is 5.86. The number of hydrogen-bond donors (Lipinski definition) is 3. The van der Waals surface area contributed by atoms with Gasteiger partial charge in [0.15, 0.2) is 5.82 Å². The SMILES string of the molecule is Cc1cccc(-c2nccc(Nc3ccnc(Nc4ccc(CCO)cc4)n3)n2)n1. The lowest BCUT2D eigenvalue weighted by Gasteiger charge is -2.09. The van der Waals surface area contributed by atoms with E-state index >= 15 is 0 Å². The highest BCUT2D eigenvalue weighted by Crippen LogP contribution is 2.19. The Bertz CT molecular complexity index is 1130. The van der Waals surface area contributed by atoms with Crippen molar-refractivity contribution in [1.29, 1.82) is 0 Å². The number of nitrogens with zero attached hydrogens (tertiary/aromatic N) is 5. The van der Waals surface area contributed by atoms with Gasteiger partial charge in [0, 0.05) is 30.4 Å². The molecule has 3 aromatic heterocycles. The van der Waals surface area contributed by atoms with Gasteiger partial charge in [-0.2, -0.15) is 4.98 Å². The van der Waals surface area contributed by atoms with E-state index in [9.17, 15) is 0 Å². The fourth-order valence-electron chi connectivity index (χ4n) is 2.85. The number of aromatic nitrogens is 5. The minimum atomic E-state index is 0.133. The van der Waals surface area contributed by atoms with E-state index in [0.29, 0.717) is 35.5 Å². The van der Waals surface area contributed by atoms with Crippen molar-refractivity contribution in [1.82, 2.24) is 24.9 Å². The molecule has 0 aliphatic rings. The normalized spacial score (nSPS) is 10.6. The van der Waals surface area contributed by atoms with Crippen molar-refractivity contribution in [3.8, 4) is 11.5 Å². The van der Waals surface area contributed by atoms with E-state index in [4.69, 9.17) is 5.11 Å². The van der Waals surface area contributed by atoms with E-state index in [1.807, 2.05) is 49.4 Å². The summed E-state index contributed by atoms with van der Waals surface area (Å²) in [5, 5.41) is 15.4. The third-order valence-corrected chi connectivity index (χ3v) is 4.30. The fraction of sp³-hybridized carbons (Fsp3) is 0.136. The molecule has 0 radical (unpaired) electrons. The molecule has 150 valence electrons. The molecule has 0 saturated carbocycles. The van der Waals surface area contributed by atoms with E-state index in [2.05, 4.69) is 35.6 Å². The summed E-state index contributed by atoms with van der Waals surface area (Å²) in [6, 6.07) is 17.1. The zero-order valence-electron chi connectivity index (χ0n) is 16.4. The maximum Gasteiger partial charge on any atom is 0.229 e. The number of benzene rings is 1. The van der Waals surface area contributed by atoms with Gasteiger partial charge in [-0.3, -0.25) is 0 Å². The van der Waals surface area contributed by atoms with Gasteiger partial charge in [-0.1, -0.05) is 18.2 Å². The number of rotatable bonds is 7. The summed E-state index contributed by atoms with van der Waals surface area (Å²) >= 11 is 0. The molecule has 0 unspecified atom stereocenters. The van der Waals surface area contributed by atoms with Crippen LogP contribution in [0.15, 0.2) is 67.0 Å². The monoisotopic (exact) mass is 399 g/mol. The van der Waals surface area contributed by atoms with Crippen LogP contribution in [-0.4, -0.2) is 36.6 Å². The molecule has 8 nitrogen and oxygen atoms in total. The van der Waals surface area contributed by atoms with Gasteiger partial charge in [0.2, 0.25) is 5.95 Å². The van der Waals surface area contributed by atoms with Gasteiger partial charge in [0.05, 0.1) is 0 Å². The minimum Gasteiger partial charge on any atom is -0.396 e. The molecule has 0 fully saturated rings. The molecule has 3 heterocycles. The van der Waals surface area contributed by atoms with E-state index in [1.165, 1.54) is 0 Å². The van der Waals surface area contributed by atoms with Crippen LogP contribution in [0, 0.1) is 6.92 Å². The number of aryl methyl sites for hydroxylation is 1. The second-order valence-electron chi connectivity index (χ2n) is 6.62. The van der Waals surface area contributed by atoms with Gasteiger partial charge in [0.25, 0.3) is 0 Å². The third kappa shape index (κ3) is 4.92. The summed E-state index contributed by atoms with van der Waals surface area (Å²) in [5.74, 6) is 2.22. The van der Waals surface area contributed by atoms with Crippen LogP contribution in [0.5, 0.6) is 0 Å². The Morgan fingerprint density at radius 1 is 0.800 bits per heavy atom. The van der Waals surface area contributed by atoms with Gasteiger partial charge in [-0.05, 0) is 55.3 Å². The first-order chi connectivity index (χ1) is 14.7. The molecule has 0 spiro atoms. The Hall–Kier alpha value is -3.91. The highest BCUT2D eigenvalue weighted by molar-refractivity contribution is 5.59. The first-order valence-electron chi connectivity index (χ1n) is 9.53. The summed E-state index contributed by atoms with van der Waals surface area (Å²) < 4.78 is 0. The molecule has 4 rings (SSSR count). The predicted octanol–water partition coefficient (Wildman–Crippen LogP) is 3.66. The van der Waals surface area contributed by atoms with Crippen molar-refractivity contribution in [2.24, 2.45) is 0 Å². The third-order valence-electron chi connectivity index (χ3n) is 4.30. The van der Waals surface area contributed by atoms with E-state index in [1.54, 1.807) is 24.5 Å². The van der Waals surface area contributed by atoms with Crippen molar-refractivity contribution in [3.63, 3.8) is 0 Å². The predicted molar refractivity (Wildman–Crippen MR) is 116 cm³/mol. The van der Waals surface area contributed by atoms with Gasteiger partial charge in [-0.25, -0.2) is 19.9 Å². The Morgan fingerprint density at radius 2 is 1.57 bits per heavy atom. The Labute approximate surface area is 174 Å². The smallest absolute Gasteiger partial charge is 0.229 e. The average molecular weight is 399 g/mol. The van der Waals surface area contributed by atoms with Crippen LogP contribution in [-0.2, 0) is 6.42 Å². The number of aliphatic hydroxyl groups excluding tert-OH is 1. The number of pyridine rings is 1. The molecule has 4 aromatic rings. The highest BCUT2D eigenvalue weighted by Gasteiger charge is 2.06. The Morgan fingerprint density at radius 3 is 2.33 bits per heavy atom. The van der Waals surface area contributed by atoms with E-state index in [-0.39, 0.29) is 6.61 Å². The largest absolute Gasteiger partial charge is 0.396 e. The molecular weight excluding hydrogens is 378 g/mol. The topological polar surface area (TPSA) is 109 Å². The first-order valence-corrected chi connectivity index (χ1v) is 9.53. The van der Waals surface area contributed by atoms with Crippen LogP contribution in [0.25, 0.3) is 11.5 Å². The summed E-state index contributed by atoms with van der Waals surface area (Å²) in [4.78, 5) is 22.1. The number of aliphatic hydroxyl groups is 1. The molecule has 1 aromatic carbocycles. The first kappa shape index (κ1) is 19.4. The van der Waals surface area contributed by atoms with Crippen LogP contribution in [0.2, 0.25) is 0 Å².